The van der Waals surface area contributed by atoms with E-state index in [1.165, 1.54) is 11.1 Å². The predicted octanol–water partition coefficient (Wildman–Crippen LogP) is 5.25. The standard InChI is InChI=1S/C26H33N3O2/c1-3-19(21-11-7-5-8-12-21)15-23-17-30-25(27-23)29-26-28-24(18-31-26)16-20(4-2)22-13-9-6-10-14-22/h5-14,19-20,23-24H,3-4,15-18H2,1-2H3,(H,27,28,29). The summed E-state index contributed by atoms with van der Waals surface area (Å²) >= 11 is 0. The highest BCUT2D eigenvalue weighted by Gasteiger charge is 2.27. The monoisotopic (exact) mass is 419 g/mol. The molecule has 164 valence electrons. The molecule has 0 aromatic heterocycles. The van der Waals surface area contributed by atoms with Crippen molar-refractivity contribution in [2.24, 2.45) is 9.98 Å². The zero-order valence-corrected chi connectivity index (χ0v) is 18.5. The van der Waals surface area contributed by atoms with E-state index in [2.05, 4.69) is 79.8 Å². The fourth-order valence-electron chi connectivity index (χ4n) is 4.48. The van der Waals surface area contributed by atoms with Gasteiger partial charge in [0.15, 0.2) is 0 Å². The molecule has 2 aromatic carbocycles. The van der Waals surface area contributed by atoms with Gasteiger partial charge in [-0.3, -0.25) is 5.32 Å². The fraction of sp³-hybridized carbons (Fsp3) is 0.462. The minimum atomic E-state index is 0.160. The average Bonchev–Trinajstić information content (AvgIpc) is 3.46. The molecule has 1 N–H and O–H groups in total. The second kappa shape index (κ2) is 10.5. The number of ether oxygens (including phenoxy) is 2. The lowest BCUT2D eigenvalue weighted by atomic mass is 9.90. The fourth-order valence-corrected chi connectivity index (χ4v) is 4.48. The van der Waals surface area contributed by atoms with Crippen LogP contribution in [-0.2, 0) is 9.47 Å². The van der Waals surface area contributed by atoms with E-state index in [9.17, 15) is 0 Å². The minimum Gasteiger partial charge on any atom is -0.463 e. The number of nitrogens with one attached hydrogen (secondary N) is 1. The van der Waals surface area contributed by atoms with Crippen LogP contribution in [0.25, 0.3) is 0 Å². The molecule has 0 fully saturated rings. The van der Waals surface area contributed by atoms with Crippen molar-refractivity contribution in [1.29, 1.82) is 0 Å². The Balaban J connectivity index is 1.31. The summed E-state index contributed by atoms with van der Waals surface area (Å²) in [5, 5.41) is 3.16. The van der Waals surface area contributed by atoms with Crippen molar-refractivity contribution >= 4 is 12.0 Å². The second-order valence-corrected chi connectivity index (χ2v) is 8.43. The summed E-state index contributed by atoms with van der Waals surface area (Å²) in [4.78, 5) is 9.47. The van der Waals surface area contributed by atoms with Crippen molar-refractivity contribution in [1.82, 2.24) is 5.32 Å². The van der Waals surface area contributed by atoms with Gasteiger partial charge in [-0.05, 0) is 48.6 Å². The van der Waals surface area contributed by atoms with E-state index >= 15 is 0 Å². The molecule has 4 unspecified atom stereocenters. The lowest BCUT2D eigenvalue weighted by molar-refractivity contribution is 0.282. The smallest absolute Gasteiger partial charge is 0.293 e. The van der Waals surface area contributed by atoms with Gasteiger partial charge in [0.1, 0.15) is 13.2 Å². The Morgan fingerprint density at radius 2 is 1.16 bits per heavy atom. The van der Waals surface area contributed by atoms with Crippen LogP contribution < -0.4 is 5.32 Å². The van der Waals surface area contributed by atoms with E-state index in [4.69, 9.17) is 19.5 Å². The number of aliphatic imine (C=N–C) groups is 2. The summed E-state index contributed by atoms with van der Waals surface area (Å²) in [5.41, 5.74) is 2.74. The van der Waals surface area contributed by atoms with Gasteiger partial charge in [0, 0.05) is 0 Å². The molecular formula is C26H33N3O2. The van der Waals surface area contributed by atoms with Gasteiger partial charge in [-0.15, -0.1) is 0 Å². The third-order valence-corrected chi connectivity index (χ3v) is 6.28. The molecule has 5 heteroatoms. The number of nitrogens with zero attached hydrogens (tertiary/aromatic N) is 2. The van der Waals surface area contributed by atoms with Crippen LogP contribution in [0.3, 0.4) is 0 Å². The second-order valence-electron chi connectivity index (χ2n) is 8.43. The molecule has 4 atom stereocenters. The summed E-state index contributed by atoms with van der Waals surface area (Å²) in [6.07, 6.45) is 4.15. The Hall–Kier alpha value is -2.82. The highest BCUT2D eigenvalue weighted by Crippen LogP contribution is 2.28. The van der Waals surface area contributed by atoms with E-state index in [1.54, 1.807) is 0 Å². The summed E-state index contributed by atoms with van der Waals surface area (Å²) in [6.45, 7) is 5.68. The molecule has 2 heterocycles. The Kier molecular flexibility index (Phi) is 7.23. The maximum Gasteiger partial charge on any atom is 0.293 e. The maximum absolute atomic E-state index is 5.79. The Morgan fingerprint density at radius 3 is 1.55 bits per heavy atom. The Morgan fingerprint density at radius 1 is 0.742 bits per heavy atom. The molecule has 2 aliphatic heterocycles. The molecule has 31 heavy (non-hydrogen) atoms. The molecule has 0 amide bonds. The molecule has 0 spiro atoms. The van der Waals surface area contributed by atoms with Gasteiger partial charge < -0.3 is 9.47 Å². The molecule has 0 bridgehead atoms. The van der Waals surface area contributed by atoms with Crippen molar-refractivity contribution in [2.75, 3.05) is 13.2 Å². The lowest BCUT2D eigenvalue weighted by Crippen LogP contribution is -2.30. The van der Waals surface area contributed by atoms with Gasteiger partial charge in [0.05, 0.1) is 12.1 Å². The van der Waals surface area contributed by atoms with Gasteiger partial charge in [-0.1, -0.05) is 74.5 Å². The van der Waals surface area contributed by atoms with Crippen LogP contribution in [0.1, 0.15) is 62.5 Å². The molecule has 5 nitrogen and oxygen atoms in total. The summed E-state index contributed by atoms with van der Waals surface area (Å²) in [5.74, 6) is 0.984. The number of amidine groups is 2. The van der Waals surface area contributed by atoms with Gasteiger partial charge in [-0.2, -0.15) is 0 Å². The van der Waals surface area contributed by atoms with Crippen LogP contribution in [0.15, 0.2) is 70.6 Å². The first-order valence-corrected chi connectivity index (χ1v) is 11.5. The van der Waals surface area contributed by atoms with Gasteiger partial charge >= 0.3 is 0 Å². The number of rotatable bonds is 8. The van der Waals surface area contributed by atoms with E-state index in [1.807, 2.05) is 0 Å². The van der Waals surface area contributed by atoms with Crippen molar-refractivity contribution in [3.05, 3.63) is 71.8 Å². The summed E-state index contributed by atoms with van der Waals surface area (Å²) in [6, 6.07) is 22.7. The van der Waals surface area contributed by atoms with E-state index in [0.717, 1.165) is 25.7 Å². The first-order valence-electron chi connectivity index (χ1n) is 11.5. The highest BCUT2D eigenvalue weighted by atomic mass is 16.5. The normalized spacial score (nSPS) is 22.1. The minimum absolute atomic E-state index is 0.160. The lowest BCUT2D eigenvalue weighted by Gasteiger charge is -2.17. The molecule has 0 radical (unpaired) electrons. The van der Waals surface area contributed by atoms with Gasteiger partial charge in [0.2, 0.25) is 0 Å². The number of hydrogen-bond acceptors (Lipinski definition) is 5. The number of hydrogen-bond donors (Lipinski definition) is 1. The Labute approximate surface area is 185 Å². The van der Waals surface area contributed by atoms with Crippen molar-refractivity contribution in [3.63, 3.8) is 0 Å². The number of benzene rings is 2. The van der Waals surface area contributed by atoms with E-state index in [0.29, 0.717) is 37.1 Å². The topological polar surface area (TPSA) is 55.2 Å². The largest absolute Gasteiger partial charge is 0.463 e. The van der Waals surface area contributed by atoms with Crippen LogP contribution in [0.5, 0.6) is 0 Å². The Bertz CT molecular complexity index is 809. The molecular weight excluding hydrogens is 386 g/mol. The first-order chi connectivity index (χ1) is 15.2. The highest BCUT2D eigenvalue weighted by molar-refractivity contribution is 5.94. The molecule has 0 aliphatic carbocycles. The zero-order chi connectivity index (χ0) is 21.5. The van der Waals surface area contributed by atoms with Crippen LogP contribution >= 0.6 is 0 Å². The third-order valence-electron chi connectivity index (χ3n) is 6.28. The van der Waals surface area contributed by atoms with Crippen molar-refractivity contribution in [2.45, 2.75) is 63.5 Å². The first kappa shape index (κ1) is 21.4. The SMILES string of the molecule is CCC(CC1COC(NC2=NC(CC(CC)c3ccccc3)CO2)=N1)c1ccccc1. The van der Waals surface area contributed by atoms with E-state index < -0.39 is 0 Å². The molecule has 4 rings (SSSR count). The molecule has 0 saturated heterocycles. The summed E-state index contributed by atoms with van der Waals surface area (Å²) < 4.78 is 11.6. The molecule has 2 aromatic rings. The average molecular weight is 420 g/mol. The van der Waals surface area contributed by atoms with Gasteiger partial charge in [0.25, 0.3) is 12.0 Å². The van der Waals surface area contributed by atoms with Crippen LogP contribution in [0.4, 0.5) is 0 Å². The van der Waals surface area contributed by atoms with Crippen LogP contribution in [0.2, 0.25) is 0 Å². The molecule has 0 saturated carbocycles. The quantitative estimate of drug-likeness (QED) is 0.635. The third kappa shape index (κ3) is 5.66. The summed E-state index contributed by atoms with van der Waals surface area (Å²) in [7, 11) is 0. The molecule has 2 aliphatic rings. The van der Waals surface area contributed by atoms with Crippen LogP contribution in [0, 0.1) is 0 Å². The van der Waals surface area contributed by atoms with E-state index in [-0.39, 0.29) is 12.1 Å². The van der Waals surface area contributed by atoms with Crippen molar-refractivity contribution in [3.8, 4) is 0 Å². The van der Waals surface area contributed by atoms with Gasteiger partial charge in [-0.25, -0.2) is 9.98 Å². The predicted molar refractivity (Wildman–Crippen MR) is 126 cm³/mol. The maximum atomic E-state index is 5.79. The van der Waals surface area contributed by atoms with Crippen molar-refractivity contribution < 1.29 is 9.47 Å². The van der Waals surface area contributed by atoms with Crippen LogP contribution in [-0.4, -0.2) is 37.3 Å². The zero-order valence-electron chi connectivity index (χ0n) is 18.5.